The van der Waals surface area contributed by atoms with E-state index in [2.05, 4.69) is 20.3 Å². The second-order valence-electron chi connectivity index (χ2n) is 9.08. The maximum atomic E-state index is 13.2. The van der Waals surface area contributed by atoms with Gasteiger partial charge >= 0.3 is 6.18 Å². The van der Waals surface area contributed by atoms with Crippen LogP contribution in [0, 0.1) is 0 Å². The minimum absolute atomic E-state index is 0.0961. The van der Waals surface area contributed by atoms with Crippen molar-refractivity contribution in [2.75, 3.05) is 13.2 Å². The molecular weight excluding hydrogens is 493 g/mol. The molecule has 1 aromatic carbocycles. The average molecular weight is 519 g/mol. The Morgan fingerprint density at radius 1 is 1.14 bits per heavy atom. The van der Waals surface area contributed by atoms with Crippen LogP contribution in [0.3, 0.4) is 0 Å². The van der Waals surface area contributed by atoms with Crippen LogP contribution >= 0.6 is 11.3 Å². The molecule has 0 spiro atoms. The Hall–Kier alpha value is -3.05. The van der Waals surface area contributed by atoms with E-state index >= 15 is 0 Å². The van der Waals surface area contributed by atoms with Crippen LogP contribution in [0.5, 0.6) is 5.75 Å². The van der Waals surface area contributed by atoms with Crippen molar-refractivity contribution >= 4 is 17.2 Å². The van der Waals surface area contributed by atoms with Gasteiger partial charge in [-0.1, -0.05) is 6.42 Å². The molecule has 1 aliphatic carbocycles. The summed E-state index contributed by atoms with van der Waals surface area (Å²) in [4.78, 5) is 25.8. The van der Waals surface area contributed by atoms with Crippen molar-refractivity contribution in [2.45, 2.75) is 56.8 Å². The van der Waals surface area contributed by atoms with Crippen molar-refractivity contribution in [3.63, 3.8) is 0 Å². The number of nitrogens with zero attached hydrogens (tertiary/aromatic N) is 3. The molecule has 1 saturated heterocycles. The predicted octanol–water partition coefficient (Wildman–Crippen LogP) is 5.55. The van der Waals surface area contributed by atoms with E-state index < -0.39 is 23.9 Å². The standard InChI is InChI=1S/C25H25F3N4O3S/c1-14(18-10-30-24(31-11-18)25(26,27)28)32-22(33)16-7-17(9-20(8-16)35-19-5-6-34-13-19)23-29-12-21(36-23)15-3-2-4-15/h7-12,14-15,19H,2-6,13H2,1H3,(H,32,33)/t14?,19-/m1/s1. The molecule has 36 heavy (non-hydrogen) atoms. The molecule has 11 heteroatoms. The van der Waals surface area contributed by atoms with Crippen LogP contribution in [0.1, 0.15) is 71.2 Å². The molecule has 2 aromatic heterocycles. The van der Waals surface area contributed by atoms with Gasteiger partial charge in [-0.3, -0.25) is 4.79 Å². The zero-order valence-corrected chi connectivity index (χ0v) is 20.4. The van der Waals surface area contributed by atoms with E-state index in [1.807, 2.05) is 12.3 Å². The first-order chi connectivity index (χ1) is 17.3. The Morgan fingerprint density at radius 2 is 1.92 bits per heavy atom. The molecule has 3 heterocycles. The fourth-order valence-electron chi connectivity index (χ4n) is 4.09. The molecule has 1 aliphatic heterocycles. The molecule has 2 aliphatic rings. The molecule has 1 unspecified atom stereocenters. The predicted molar refractivity (Wildman–Crippen MR) is 127 cm³/mol. The first-order valence-corrected chi connectivity index (χ1v) is 12.6. The molecule has 2 atom stereocenters. The highest BCUT2D eigenvalue weighted by atomic mass is 32.1. The Kier molecular flexibility index (Phi) is 6.94. The monoisotopic (exact) mass is 518 g/mol. The molecular formula is C25H25F3N4O3S. The molecule has 0 radical (unpaired) electrons. The molecule has 2 fully saturated rings. The number of hydrogen-bond donors (Lipinski definition) is 1. The smallest absolute Gasteiger partial charge is 0.451 e. The Labute approximate surface area is 210 Å². The Morgan fingerprint density at radius 3 is 2.56 bits per heavy atom. The van der Waals surface area contributed by atoms with Gasteiger partial charge in [0.15, 0.2) is 0 Å². The summed E-state index contributed by atoms with van der Waals surface area (Å²) in [6, 6.07) is 4.69. The number of aromatic nitrogens is 3. The molecule has 0 bridgehead atoms. The van der Waals surface area contributed by atoms with Crippen LogP contribution in [0.25, 0.3) is 10.6 Å². The summed E-state index contributed by atoms with van der Waals surface area (Å²) < 4.78 is 49.8. The number of nitrogens with one attached hydrogen (secondary N) is 1. The fraction of sp³-hybridized carbons (Fsp3) is 0.440. The number of rotatable bonds is 7. The van der Waals surface area contributed by atoms with Crippen molar-refractivity contribution in [3.8, 4) is 16.3 Å². The highest BCUT2D eigenvalue weighted by Crippen LogP contribution is 2.41. The lowest BCUT2D eigenvalue weighted by atomic mass is 9.85. The van der Waals surface area contributed by atoms with Crippen molar-refractivity contribution in [3.05, 3.63) is 58.6 Å². The van der Waals surface area contributed by atoms with E-state index in [1.54, 1.807) is 30.4 Å². The number of amides is 1. The summed E-state index contributed by atoms with van der Waals surface area (Å²) >= 11 is 1.62. The lowest BCUT2D eigenvalue weighted by Gasteiger charge is -2.23. The van der Waals surface area contributed by atoms with Crippen LogP contribution in [-0.2, 0) is 10.9 Å². The number of halogens is 3. The van der Waals surface area contributed by atoms with Gasteiger partial charge in [-0.15, -0.1) is 11.3 Å². The third-order valence-corrected chi connectivity index (χ3v) is 7.62. The third-order valence-electron chi connectivity index (χ3n) is 6.41. The summed E-state index contributed by atoms with van der Waals surface area (Å²) in [5.74, 6) is -0.521. The average Bonchev–Trinajstić information content (AvgIpc) is 3.50. The summed E-state index contributed by atoms with van der Waals surface area (Å²) in [7, 11) is 0. The lowest BCUT2D eigenvalue weighted by Crippen LogP contribution is -2.27. The van der Waals surface area contributed by atoms with E-state index in [4.69, 9.17) is 9.47 Å². The van der Waals surface area contributed by atoms with Gasteiger partial charge in [0.05, 0.1) is 19.3 Å². The van der Waals surface area contributed by atoms with Crippen LogP contribution in [0.15, 0.2) is 36.8 Å². The van der Waals surface area contributed by atoms with E-state index in [-0.39, 0.29) is 6.10 Å². The number of benzene rings is 1. The molecule has 1 amide bonds. The fourth-order valence-corrected chi connectivity index (χ4v) is 5.16. The number of carbonyl (C=O) groups is 1. The third kappa shape index (κ3) is 5.52. The largest absolute Gasteiger partial charge is 0.488 e. The van der Waals surface area contributed by atoms with Crippen LogP contribution < -0.4 is 10.1 Å². The van der Waals surface area contributed by atoms with Crippen LogP contribution in [-0.4, -0.2) is 40.2 Å². The summed E-state index contributed by atoms with van der Waals surface area (Å²) in [6.45, 7) is 2.77. The van der Waals surface area contributed by atoms with Gasteiger partial charge < -0.3 is 14.8 Å². The number of ether oxygens (including phenoxy) is 2. The minimum Gasteiger partial charge on any atom is -0.488 e. The second kappa shape index (κ2) is 10.1. The Balaban J connectivity index is 1.37. The van der Waals surface area contributed by atoms with Gasteiger partial charge in [-0.2, -0.15) is 13.2 Å². The topological polar surface area (TPSA) is 86.2 Å². The second-order valence-corrected chi connectivity index (χ2v) is 10.1. The molecule has 3 aromatic rings. The van der Waals surface area contributed by atoms with E-state index in [1.165, 1.54) is 24.1 Å². The van der Waals surface area contributed by atoms with E-state index in [0.29, 0.717) is 36.0 Å². The van der Waals surface area contributed by atoms with Crippen molar-refractivity contribution in [1.29, 1.82) is 0 Å². The first-order valence-electron chi connectivity index (χ1n) is 11.8. The SMILES string of the molecule is CC(NC(=O)c1cc(O[C@@H]2CCOC2)cc(-c2ncc(C3CCC3)s2)c1)c1cnc(C(F)(F)F)nc1. The van der Waals surface area contributed by atoms with E-state index in [9.17, 15) is 18.0 Å². The number of thiazole rings is 1. The first kappa shape index (κ1) is 24.6. The summed E-state index contributed by atoms with van der Waals surface area (Å²) in [5, 5.41) is 3.62. The molecule has 1 saturated carbocycles. The molecule has 190 valence electrons. The van der Waals surface area contributed by atoms with Gasteiger partial charge in [-0.25, -0.2) is 15.0 Å². The van der Waals surface area contributed by atoms with Gasteiger partial charge in [0, 0.05) is 46.6 Å². The van der Waals surface area contributed by atoms with Crippen molar-refractivity contribution in [1.82, 2.24) is 20.3 Å². The van der Waals surface area contributed by atoms with Crippen molar-refractivity contribution < 1.29 is 27.4 Å². The maximum absolute atomic E-state index is 13.2. The Bertz CT molecular complexity index is 1220. The molecule has 7 nitrogen and oxygen atoms in total. The number of alkyl halides is 3. The normalized spacial score (nSPS) is 19.1. The lowest BCUT2D eigenvalue weighted by molar-refractivity contribution is -0.145. The summed E-state index contributed by atoms with van der Waals surface area (Å²) in [5.41, 5.74) is 1.50. The van der Waals surface area contributed by atoms with Crippen LogP contribution in [0.2, 0.25) is 0 Å². The highest BCUT2D eigenvalue weighted by Gasteiger charge is 2.34. The quantitative estimate of drug-likeness (QED) is 0.442. The van der Waals surface area contributed by atoms with Gasteiger partial charge in [-0.05, 0) is 43.9 Å². The zero-order valence-electron chi connectivity index (χ0n) is 19.5. The molecule has 5 rings (SSSR count). The minimum atomic E-state index is -4.62. The van der Waals surface area contributed by atoms with Crippen LogP contribution in [0.4, 0.5) is 13.2 Å². The maximum Gasteiger partial charge on any atom is 0.451 e. The van der Waals surface area contributed by atoms with Crippen molar-refractivity contribution in [2.24, 2.45) is 0 Å². The molecule has 1 N–H and O–H groups in total. The summed E-state index contributed by atoms with van der Waals surface area (Å²) in [6.07, 6.45) is 3.68. The number of carbonyl (C=O) groups excluding carboxylic acids is 1. The van der Waals surface area contributed by atoms with Gasteiger partial charge in [0.25, 0.3) is 5.91 Å². The zero-order chi connectivity index (χ0) is 25.3. The highest BCUT2D eigenvalue weighted by molar-refractivity contribution is 7.15. The number of hydrogen-bond acceptors (Lipinski definition) is 7. The van der Waals surface area contributed by atoms with Gasteiger partial charge in [0.1, 0.15) is 16.9 Å². The van der Waals surface area contributed by atoms with E-state index in [0.717, 1.165) is 29.4 Å². The van der Waals surface area contributed by atoms with Gasteiger partial charge in [0.2, 0.25) is 5.82 Å².